The lowest BCUT2D eigenvalue weighted by molar-refractivity contribution is 0.921. The van der Waals surface area contributed by atoms with Crippen molar-refractivity contribution in [3.8, 4) is 11.8 Å². The van der Waals surface area contributed by atoms with E-state index in [4.69, 9.17) is 0 Å². The summed E-state index contributed by atoms with van der Waals surface area (Å²) >= 11 is 0. The van der Waals surface area contributed by atoms with E-state index >= 15 is 0 Å². The van der Waals surface area contributed by atoms with E-state index in [1.165, 1.54) is 24.0 Å². The molecule has 13 heavy (non-hydrogen) atoms. The molecule has 0 heteroatoms. The fraction of sp³-hybridized carbons (Fsp3) is 0.385. The zero-order valence-corrected chi connectivity index (χ0v) is 8.43. The first-order chi connectivity index (χ1) is 6.36. The van der Waals surface area contributed by atoms with Crippen LogP contribution in [0.3, 0.4) is 0 Å². The molecule has 0 radical (unpaired) electrons. The van der Waals surface area contributed by atoms with Gasteiger partial charge in [0.2, 0.25) is 0 Å². The summed E-state index contributed by atoms with van der Waals surface area (Å²) < 4.78 is 0. The summed E-state index contributed by atoms with van der Waals surface area (Å²) in [5.41, 5.74) is 2.65. The van der Waals surface area contributed by atoms with Crippen LogP contribution in [0.5, 0.6) is 0 Å². The summed E-state index contributed by atoms with van der Waals surface area (Å²) in [5.74, 6) is 6.03. The van der Waals surface area contributed by atoms with Crippen LogP contribution in [0.1, 0.15) is 33.1 Å². The minimum absolute atomic E-state index is 0.989. The highest BCUT2D eigenvalue weighted by Crippen LogP contribution is 2.14. The lowest BCUT2D eigenvalue weighted by Gasteiger charge is -1.96. The summed E-state index contributed by atoms with van der Waals surface area (Å²) in [7, 11) is 0. The van der Waals surface area contributed by atoms with E-state index < -0.39 is 0 Å². The van der Waals surface area contributed by atoms with Gasteiger partial charge in [-0.3, -0.25) is 0 Å². The lowest BCUT2D eigenvalue weighted by atomic mass is 10.1. The van der Waals surface area contributed by atoms with Gasteiger partial charge in [-0.2, -0.15) is 0 Å². The molecule has 0 nitrogen and oxygen atoms in total. The Bertz CT molecular complexity index is 303. The highest BCUT2D eigenvalue weighted by molar-refractivity contribution is 5.38. The molecule has 0 N–H and O–H groups in total. The van der Waals surface area contributed by atoms with E-state index in [0.717, 1.165) is 6.42 Å². The van der Waals surface area contributed by atoms with Crippen molar-refractivity contribution >= 4 is 0 Å². The van der Waals surface area contributed by atoms with E-state index in [2.05, 4.69) is 43.1 Å². The first-order valence-electron chi connectivity index (χ1n) is 4.86. The standard InChI is InChI=1S/C13H16/c1-3-6-12-8-5-9-13(7-4-2)11-10-12/h5,8-10H,3,6,11H2,1-2H3. The molecule has 0 aromatic heterocycles. The Hall–Kier alpha value is -1.22. The predicted molar refractivity (Wildman–Crippen MR) is 58.3 cm³/mol. The van der Waals surface area contributed by atoms with Crippen molar-refractivity contribution in [2.75, 3.05) is 0 Å². The molecule has 0 spiro atoms. The quantitative estimate of drug-likeness (QED) is 0.558. The second kappa shape index (κ2) is 5.43. The highest BCUT2D eigenvalue weighted by atomic mass is 14.0. The molecule has 1 aliphatic rings. The Morgan fingerprint density at radius 2 is 2.31 bits per heavy atom. The van der Waals surface area contributed by atoms with Crippen LogP contribution in [-0.2, 0) is 0 Å². The lowest BCUT2D eigenvalue weighted by Crippen LogP contribution is -1.78. The molecule has 1 aliphatic carbocycles. The van der Waals surface area contributed by atoms with Crippen molar-refractivity contribution in [3.05, 3.63) is 35.5 Å². The molecular weight excluding hydrogens is 156 g/mol. The molecule has 0 saturated carbocycles. The van der Waals surface area contributed by atoms with Crippen molar-refractivity contribution in [1.82, 2.24) is 0 Å². The SMILES string of the molecule is CC#CC1=CC=CC(CCC)=CC1. The number of hydrogen-bond donors (Lipinski definition) is 0. The molecule has 0 aliphatic heterocycles. The van der Waals surface area contributed by atoms with Crippen molar-refractivity contribution in [1.29, 1.82) is 0 Å². The van der Waals surface area contributed by atoms with E-state index in [1.54, 1.807) is 0 Å². The van der Waals surface area contributed by atoms with Crippen molar-refractivity contribution in [2.45, 2.75) is 33.1 Å². The van der Waals surface area contributed by atoms with Gasteiger partial charge in [0, 0.05) is 5.57 Å². The molecule has 0 atom stereocenters. The molecule has 1 rings (SSSR count). The average molecular weight is 172 g/mol. The maximum Gasteiger partial charge on any atom is 0.00580 e. The van der Waals surface area contributed by atoms with Gasteiger partial charge >= 0.3 is 0 Å². The maximum atomic E-state index is 3.10. The van der Waals surface area contributed by atoms with E-state index in [-0.39, 0.29) is 0 Å². The zero-order chi connectivity index (χ0) is 9.52. The first-order valence-corrected chi connectivity index (χ1v) is 4.86. The average Bonchev–Trinajstić information content (AvgIpc) is 2.33. The van der Waals surface area contributed by atoms with Crippen LogP contribution >= 0.6 is 0 Å². The van der Waals surface area contributed by atoms with Gasteiger partial charge in [-0.25, -0.2) is 0 Å². The number of allylic oxidation sites excluding steroid dienone is 6. The summed E-state index contributed by atoms with van der Waals surface area (Å²) in [5, 5.41) is 0. The zero-order valence-electron chi connectivity index (χ0n) is 8.43. The summed E-state index contributed by atoms with van der Waals surface area (Å²) in [6, 6.07) is 0. The first kappa shape index (κ1) is 9.86. The van der Waals surface area contributed by atoms with Crippen LogP contribution in [-0.4, -0.2) is 0 Å². The van der Waals surface area contributed by atoms with Crippen LogP contribution in [0.2, 0.25) is 0 Å². The van der Waals surface area contributed by atoms with Crippen LogP contribution in [0.25, 0.3) is 0 Å². The third kappa shape index (κ3) is 3.34. The van der Waals surface area contributed by atoms with E-state index in [9.17, 15) is 0 Å². The maximum absolute atomic E-state index is 3.10. The van der Waals surface area contributed by atoms with Crippen molar-refractivity contribution < 1.29 is 0 Å². The van der Waals surface area contributed by atoms with Gasteiger partial charge in [-0.1, -0.05) is 49.1 Å². The topological polar surface area (TPSA) is 0 Å². The molecule has 0 heterocycles. The highest BCUT2D eigenvalue weighted by Gasteiger charge is 1.96. The Kier molecular flexibility index (Phi) is 4.12. The van der Waals surface area contributed by atoms with Gasteiger partial charge in [0.1, 0.15) is 0 Å². The Balaban J connectivity index is 2.66. The Morgan fingerprint density at radius 3 is 3.00 bits per heavy atom. The minimum atomic E-state index is 0.989. The molecule has 0 amide bonds. The Morgan fingerprint density at radius 1 is 1.46 bits per heavy atom. The fourth-order valence-electron chi connectivity index (χ4n) is 1.39. The van der Waals surface area contributed by atoms with Gasteiger partial charge in [-0.05, 0) is 19.8 Å². The van der Waals surface area contributed by atoms with E-state index in [0.29, 0.717) is 0 Å². The van der Waals surface area contributed by atoms with Gasteiger partial charge in [0.25, 0.3) is 0 Å². The molecule has 0 unspecified atom stereocenters. The fourth-order valence-corrected chi connectivity index (χ4v) is 1.39. The molecule has 0 fully saturated rings. The minimum Gasteiger partial charge on any atom is -0.102 e. The van der Waals surface area contributed by atoms with Gasteiger partial charge < -0.3 is 0 Å². The van der Waals surface area contributed by atoms with Crippen LogP contribution in [0.15, 0.2) is 35.5 Å². The summed E-state index contributed by atoms with van der Waals surface area (Å²) in [6.45, 7) is 4.09. The van der Waals surface area contributed by atoms with Gasteiger partial charge in [0.05, 0.1) is 0 Å². The third-order valence-corrected chi connectivity index (χ3v) is 2.02. The second-order valence-corrected chi connectivity index (χ2v) is 3.16. The Labute approximate surface area is 81.0 Å². The molecule has 0 bridgehead atoms. The smallest absolute Gasteiger partial charge is 0.00580 e. The van der Waals surface area contributed by atoms with Crippen molar-refractivity contribution in [3.63, 3.8) is 0 Å². The largest absolute Gasteiger partial charge is 0.102 e. The normalized spacial score (nSPS) is 15.2. The predicted octanol–water partition coefficient (Wildman–Crippen LogP) is 3.62. The van der Waals surface area contributed by atoms with Crippen LogP contribution in [0.4, 0.5) is 0 Å². The van der Waals surface area contributed by atoms with Crippen LogP contribution < -0.4 is 0 Å². The third-order valence-electron chi connectivity index (χ3n) is 2.02. The van der Waals surface area contributed by atoms with Crippen LogP contribution in [0, 0.1) is 11.8 Å². The summed E-state index contributed by atoms with van der Waals surface area (Å²) in [6.07, 6.45) is 12.1. The number of hydrogen-bond acceptors (Lipinski definition) is 0. The molecule has 68 valence electrons. The molecule has 0 aromatic carbocycles. The second-order valence-electron chi connectivity index (χ2n) is 3.16. The number of rotatable bonds is 2. The molecule has 0 saturated heterocycles. The summed E-state index contributed by atoms with van der Waals surface area (Å²) in [4.78, 5) is 0. The van der Waals surface area contributed by atoms with Gasteiger partial charge in [0.15, 0.2) is 0 Å². The van der Waals surface area contributed by atoms with Gasteiger partial charge in [-0.15, -0.1) is 5.92 Å². The monoisotopic (exact) mass is 172 g/mol. The molecular formula is C13H16. The molecule has 0 aromatic rings. The van der Waals surface area contributed by atoms with Crippen molar-refractivity contribution in [2.24, 2.45) is 0 Å². The van der Waals surface area contributed by atoms with E-state index in [1.807, 2.05) is 6.92 Å².